The first-order valence-corrected chi connectivity index (χ1v) is 9.42. The largest absolute Gasteiger partial charge is 0.302 e. The van der Waals surface area contributed by atoms with E-state index in [1.54, 1.807) is 24.3 Å². The van der Waals surface area contributed by atoms with Crippen LogP contribution in [0.4, 0.5) is 0 Å². The highest BCUT2D eigenvalue weighted by Crippen LogP contribution is 2.24. The number of fused-ring (bicyclic) bond motifs is 1. The molecule has 0 radical (unpaired) electrons. The normalized spacial score (nSPS) is 18.0. The van der Waals surface area contributed by atoms with Gasteiger partial charge < -0.3 is 4.90 Å². The van der Waals surface area contributed by atoms with Gasteiger partial charge in [-0.15, -0.1) is 0 Å². The first-order chi connectivity index (χ1) is 13.1. The topological polar surface area (TPSA) is 57.7 Å². The number of hydrogen-bond acceptors (Lipinski definition) is 4. The van der Waals surface area contributed by atoms with E-state index in [0.29, 0.717) is 24.2 Å². The lowest BCUT2D eigenvalue weighted by atomic mass is 9.89. The standard InChI is InChI=1S/C22H22N2O3/c25-20(16-6-2-1-3-7-16)17-10-12-23(13-11-17)14-15-24-21(26)18-8-4-5-9-19(18)22(24)27/h1-9,17H,10-15H2. The number of piperidine rings is 1. The van der Waals surface area contributed by atoms with Crippen molar-refractivity contribution < 1.29 is 14.4 Å². The van der Waals surface area contributed by atoms with E-state index in [4.69, 9.17) is 0 Å². The first-order valence-electron chi connectivity index (χ1n) is 9.42. The van der Waals surface area contributed by atoms with E-state index in [1.807, 2.05) is 30.3 Å². The van der Waals surface area contributed by atoms with Crippen molar-refractivity contribution in [1.29, 1.82) is 0 Å². The Morgan fingerprint density at radius 3 is 1.96 bits per heavy atom. The van der Waals surface area contributed by atoms with Crippen LogP contribution < -0.4 is 0 Å². The molecule has 0 spiro atoms. The van der Waals surface area contributed by atoms with Gasteiger partial charge in [0.2, 0.25) is 0 Å². The summed E-state index contributed by atoms with van der Waals surface area (Å²) in [5, 5.41) is 0. The fourth-order valence-corrected chi connectivity index (χ4v) is 3.94. The van der Waals surface area contributed by atoms with Crippen molar-refractivity contribution in [3.63, 3.8) is 0 Å². The number of ketones is 1. The molecule has 27 heavy (non-hydrogen) atoms. The Hall–Kier alpha value is -2.79. The summed E-state index contributed by atoms with van der Waals surface area (Å²) in [5.74, 6) is -0.131. The predicted molar refractivity (Wildman–Crippen MR) is 102 cm³/mol. The first kappa shape index (κ1) is 17.6. The molecule has 2 amide bonds. The monoisotopic (exact) mass is 362 g/mol. The molecule has 0 aromatic heterocycles. The van der Waals surface area contributed by atoms with Gasteiger partial charge in [0.05, 0.1) is 11.1 Å². The Labute approximate surface area is 158 Å². The third-order valence-electron chi connectivity index (χ3n) is 5.53. The SMILES string of the molecule is O=C(c1ccccc1)C1CCN(CCN2C(=O)c3ccccc3C2=O)CC1. The number of imide groups is 1. The molecule has 0 saturated carbocycles. The molecule has 2 aliphatic rings. The number of amides is 2. The number of carbonyl (C=O) groups is 3. The van der Waals surface area contributed by atoms with Crippen LogP contribution in [0.15, 0.2) is 54.6 Å². The fourth-order valence-electron chi connectivity index (χ4n) is 3.94. The molecule has 0 N–H and O–H groups in total. The van der Waals surface area contributed by atoms with Gasteiger partial charge in [-0.25, -0.2) is 0 Å². The van der Waals surface area contributed by atoms with Crippen LogP contribution in [0.25, 0.3) is 0 Å². The summed E-state index contributed by atoms with van der Waals surface area (Å²) in [5.41, 5.74) is 1.77. The lowest BCUT2D eigenvalue weighted by Crippen LogP contribution is -2.42. The lowest BCUT2D eigenvalue weighted by Gasteiger charge is -2.32. The van der Waals surface area contributed by atoms with Gasteiger partial charge in [0.15, 0.2) is 5.78 Å². The molecule has 0 atom stereocenters. The van der Waals surface area contributed by atoms with Crippen LogP contribution in [0, 0.1) is 5.92 Å². The average molecular weight is 362 g/mol. The van der Waals surface area contributed by atoms with Gasteiger partial charge in [-0.1, -0.05) is 42.5 Å². The van der Waals surface area contributed by atoms with Crippen LogP contribution in [-0.2, 0) is 0 Å². The van der Waals surface area contributed by atoms with Crippen LogP contribution in [0.3, 0.4) is 0 Å². The minimum absolute atomic E-state index is 0.0583. The van der Waals surface area contributed by atoms with Crippen LogP contribution in [0.1, 0.15) is 43.9 Å². The summed E-state index contributed by atoms with van der Waals surface area (Å²) in [6.45, 7) is 2.67. The van der Waals surface area contributed by atoms with Crippen molar-refractivity contribution >= 4 is 17.6 Å². The molecule has 2 heterocycles. The maximum Gasteiger partial charge on any atom is 0.261 e. The summed E-state index contributed by atoms with van der Waals surface area (Å²) in [4.78, 5) is 41.0. The molecule has 0 unspecified atom stereocenters. The molecule has 5 heteroatoms. The van der Waals surface area contributed by atoms with E-state index in [2.05, 4.69) is 4.90 Å². The zero-order chi connectivity index (χ0) is 18.8. The minimum atomic E-state index is -0.204. The van der Waals surface area contributed by atoms with Crippen molar-refractivity contribution in [3.05, 3.63) is 71.3 Å². The maximum absolute atomic E-state index is 12.6. The minimum Gasteiger partial charge on any atom is -0.302 e. The Morgan fingerprint density at radius 2 is 1.37 bits per heavy atom. The van der Waals surface area contributed by atoms with E-state index >= 15 is 0 Å². The van der Waals surface area contributed by atoms with E-state index in [1.165, 1.54) is 4.90 Å². The number of nitrogens with zero attached hydrogens (tertiary/aromatic N) is 2. The lowest BCUT2D eigenvalue weighted by molar-refractivity contribution is 0.0624. The third kappa shape index (κ3) is 3.43. The Bertz CT molecular complexity index is 835. The van der Waals surface area contributed by atoms with Gasteiger partial charge in [-0.2, -0.15) is 0 Å². The smallest absolute Gasteiger partial charge is 0.261 e. The molecule has 4 rings (SSSR count). The zero-order valence-corrected chi connectivity index (χ0v) is 15.1. The van der Waals surface area contributed by atoms with Crippen molar-refractivity contribution in [2.75, 3.05) is 26.2 Å². The molecule has 2 aliphatic heterocycles. The van der Waals surface area contributed by atoms with E-state index < -0.39 is 0 Å². The molecular weight excluding hydrogens is 340 g/mol. The van der Waals surface area contributed by atoms with Gasteiger partial charge in [0.1, 0.15) is 0 Å². The molecule has 1 saturated heterocycles. The highest BCUT2D eigenvalue weighted by atomic mass is 16.2. The maximum atomic E-state index is 12.6. The van der Waals surface area contributed by atoms with Crippen LogP contribution in [0.5, 0.6) is 0 Å². The quantitative estimate of drug-likeness (QED) is 0.606. The number of Topliss-reactive ketones (excluding diaryl/α,β-unsaturated/α-hetero) is 1. The van der Waals surface area contributed by atoms with Gasteiger partial charge in [0, 0.05) is 24.6 Å². The molecular formula is C22H22N2O3. The molecule has 1 fully saturated rings. The summed E-state index contributed by atoms with van der Waals surface area (Å²) in [6, 6.07) is 16.4. The fraction of sp³-hybridized carbons (Fsp3) is 0.318. The Kier molecular flexibility index (Phi) is 4.86. The van der Waals surface area contributed by atoms with Gasteiger partial charge in [0.25, 0.3) is 11.8 Å². The van der Waals surface area contributed by atoms with E-state index in [-0.39, 0.29) is 23.5 Å². The molecule has 138 valence electrons. The van der Waals surface area contributed by atoms with E-state index in [0.717, 1.165) is 31.5 Å². The van der Waals surface area contributed by atoms with Crippen molar-refractivity contribution in [1.82, 2.24) is 9.80 Å². The van der Waals surface area contributed by atoms with Crippen molar-refractivity contribution in [2.24, 2.45) is 5.92 Å². The number of carbonyl (C=O) groups excluding carboxylic acids is 3. The van der Waals surface area contributed by atoms with Crippen molar-refractivity contribution in [3.8, 4) is 0 Å². The number of hydrogen-bond donors (Lipinski definition) is 0. The Balaban J connectivity index is 1.30. The zero-order valence-electron chi connectivity index (χ0n) is 15.1. The predicted octanol–water partition coefficient (Wildman–Crippen LogP) is 2.88. The van der Waals surface area contributed by atoms with Gasteiger partial charge in [-0.05, 0) is 38.1 Å². The molecule has 0 bridgehead atoms. The summed E-state index contributed by atoms with van der Waals surface area (Å²) < 4.78 is 0. The summed E-state index contributed by atoms with van der Waals surface area (Å²) >= 11 is 0. The second kappa shape index (κ2) is 7.45. The average Bonchev–Trinajstić information content (AvgIpc) is 2.97. The van der Waals surface area contributed by atoms with Crippen LogP contribution in [0.2, 0.25) is 0 Å². The Morgan fingerprint density at radius 1 is 0.815 bits per heavy atom. The van der Waals surface area contributed by atoms with Crippen molar-refractivity contribution in [2.45, 2.75) is 12.8 Å². The number of likely N-dealkylation sites (tertiary alicyclic amines) is 1. The van der Waals surface area contributed by atoms with Gasteiger partial charge >= 0.3 is 0 Å². The third-order valence-corrected chi connectivity index (χ3v) is 5.53. The summed E-state index contributed by atoms with van der Waals surface area (Å²) in [7, 11) is 0. The number of rotatable bonds is 5. The number of benzene rings is 2. The highest BCUT2D eigenvalue weighted by Gasteiger charge is 2.35. The van der Waals surface area contributed by atoms with Crippen LogP contribution in [-0.4, -0.2) is 53.6 Å². The molecule has 2 aromatic rings. The highest BCUT2D eigenvalue weighted by molar-refractivity contribution is 6.21. The second-order valence-corrected chi connectivity index (χ2v) is 7.15. The molecule has 0 aliphatic carbocycles. The van der Waals surface area contributed by atoms with E-state index in [9.17, 15) is 14.4 Å². The molecule has 2 aromatic carbocycles. The summed E-state index contributed by atoms with van der Waals surface area (Å²) in [6.07, 6.45) is 1.63. The molecule has 5 nitrogen and oxygen atoms in total. The van der Waals surface area contributed by atoms with Crippen LogP contribution >= 0.6 is 0 Å². The second-order valence-electron chi connectivity index (χ2n) is 7.15. The van der Waals surface area contributed by atoms with Gasteiger partial charge in [-0.3, -0.25) is 19.3 Å².